The van der Waals surface area contributed by atoms with Crippen molar-refractivity contribution in [1.82, 2.24) is 0 Å². The van der Waals surface area contributed by atoms with Gasteiger partial charge in [0.2, 0.25) is 0 Å². The van der Waals surface area contributed by atoms with E-state index in [9.17, 15) is 4.79 Å². The summed E-state index contributed by atoms with van der Waals surface area (Å²) < 4.78 is 5.95. The molecule has 2 nitrogen and oxygen atoms in total. The summed E-state index contributed by atoms with van der Waals surface area (Å²) in [5, 5.41) is 0. The molecule has 0 bridgehead atoms. The molecule has 0 radical (unpaired) electrons. The van der Waals surface area contributed by atoms with Crippen LogP contribution in [0.5, 0.6) is 0 Å². The highest BCUT2D eigenvalue weighted by Crippen LogP contribution is 2.45. The van der Waals surface area contributed by atoms with Gasteiger partial charge in [0.15, 0.2) is 5.78 Å². The normalized spacial score (nSPS) is 27.9. The predicted octanol–water partition coefficient (Wildman–Crippen LogP) is 4.16. The van der Waals surface area contributed by atoms with Gasteiger partial charge in [-0.2, -0.15) is 0 Å². The van der Waals surface area contributed by atoms with Crippen molar-refractivity contribution in [3.63, 3.8) is 0 Å². The molecule has 1 saturated carbocycles. The van der Waals surface area contributed by atoms with Crippen molar-refractivity contribution in [2.45, 2.75) is 63.4 Å². The van der Waals surface area contributed by atoms with Gasteiger partial charge in [-0.1, -0.05) is 0 Å². The first-order chi connectivity index (χ1) is 9.76. The summed E-state index contributed by atoms with van der Waals surface area (Å²) in [6.07, 6.45) is 10.4. The highest BCUT2D eigenvalue weighted by atomic mass is 32.1. The van der Waals surface area contributed by atoms with Crippen molar-refractivity contribution in [3.05, 3.63) is 21.4 Å². The monoisotopic (exact) mass is 290 g/mol. The molecule has 3 aliphatic rings. The third kappa shape index (κ3) is 2.15. The summed E-state index contributed by atoms with van der Waals surface area (Å²) in [6.45, 7) is 0.779. The number of Topliss-reactive ketones (excluding diaryl/α,β-unsaturated/α-hetero) is 1. The molecule has 4 rings (SSSR count). The Morgan fingerprint density at radius 2 is 2.10 bits per heavy atom. The Balaban J connectivity index is 1.53. The number of aryl methyl sites for hydroxylation is 2. The van der Waals surface area contributed by atoms with Gasteiger partial charge in [-0.3, -0.25) is 4.79 Å². The third-order valence-corrected chi connectivity index (χ3v) is 6.62. The van der Waals surface area contributed by atoms with Crippen LogP contribution in [0.4, 0.5) is 0 Å². The molecule has 1 aliphatic heterocycles. The maximum Gasteiger partial charge on any atom is 0.176 e. The second-order valence-electron chi connectivity index (χ2n) is 6.71. The summed E-state index contributed by atoms with van der Waals surface area (Å²) in [4.78, 5) is 15.3. The quantitative estimate of drug-likeness (QED) is 0.765. The zero-order valence-electron chi connectivity index (χ0n) is 12.0. The van der Waals surface area contributed by atoms with Gasteiger partial charge in [0.25, 0.3) is 0 Å². The van der Waals surface area contributed by atoms with E-state index in [1.807, 2.05) is 0 Å². The molecule has 1 saturated heterocycles. The van der Waals surface area contributed by atoms with Gasteiger partial charge < -0.3 is 4.74 Å². The number of thiophene rings is 1. The second-order valence-corrected chi connectivity index (χ2v) is 7.84. The second kappa shape index (κ2) is 4.96. The first kappa shape index (κ1) is 13.0. The van der Waals surface area contributed by atoms with Crippen LogP contribution in [-0.4, -0.2) is 18.0 Å². The van der Waals surface area contributed by atoms with E-state index in [2.05, 4.69) is 6.07 Å². The summed E-state index contributed by atoms with van der Waals surface area (Å²) in [6, 6.07) is 2.20. The van der Waals surface area contributed by atoms with Crippen LogP contribution in [0.1, 0.15) is 65.1 Å². The minimum atomic E-state index is 0.0788. The van der Waals surface area contributed by atoms with Crippen molar-refractivity contribution in [2.75, 3.05) is 6.61 Å². The molecule has 1 spiro atoms. The van der Waals surface area contributed by atoms with Gasteiger partial charge in [-0.15, -0.1) is 11.3 Å². The van der Waals surface area contributed by atoms with E-state index in [1.54, 1.807) is 11.3 Å². The van der Waals surface area contributed by atoms with Crippen molar-refractivity contribution >= 4 is 17.1 Å². The lowest BCUT2D eigenvalue weighted by Gasteiger charge is -2.46. The molecule has 1 aromatic heterocycles. The van der Waals surface area contributed by atoms with Crippen LogP contribution >= 0.6 is 11.3 Å². The number of carbonyl (C=O) groups excluding carboxylic acids is 1. The summed E-state index contributed by atoms with van der Waals surface area (Å²) >= 11 is 1.77. The van der Waals surface area contributed by atoms with Gasteiger partial charge in [0.05, 0.1) is 10.5 Å². The number of hydrogen-bond donors (Lipinski definition) is 0. The predicted molar refractivity (Wildman–Crippen MR) is 80.5 cm³/mol. The molecule has 0 N–H and O–H groups in total. The standard InChI is InChI=1S/C17H22O2S/c18-16(13-6-9-19-17(11-13)7-3-8-17)15-10-12-4-1-2-5-14(12)20-15/h10,13H,1-9,11H2. The Morgan fingerprint density at radius 1 is 1.25 bits per heavy atom. The lowest BCUT2D eigenvalue weighted by molar-refractivity contribution is -0.137. The van der Waals surface area contributed by atoms with E-state index < -0.39 is 0 Å². The summed E-state index contributed by atoms with van der Waals surface area (Å²) in [5.41, 5.74) is 1.53. The van der Waals surface area contributed by atoms with Gasteiger partial charge in [-0.05, 0) is 69.4 Å². The van der Waals surface area contributed by atoms with Crippen LogP contribution in [-0.2, 0) is 17.6 Å². The molecule has 1 unspecified atom stereocenters. The number of hydrogen-bond acceptors (Lipinski definition) is 3. The Morgan fingerprint density at radius 3 is 2.85 bits per heavy atom. The first-order valence-electron chi connectivity index (χ1n) is 8.06. The average Bonchev–Trinajstić information content (AvgIpc) is 2.89. The smallest absolute Gasteiger partial charge is 0.176 e. The zero-order valence-corrected chi connectivity index (χ0v) is 12.8. The maximum absolute atomic E-state index is 12.8. The van der Waals surface area contributed by atoms with Gasteiger partial charge in [0.1, 0.15) is 0 Å². The highest BCUT2D eigenvalue weighted by Gasteiger charge is 2.44. The molecular weight excluding hydrogens is 268 g/mol. The largest absolute Gasteiger partial charge is 0.375 e. The average molecular weight is 290 g/mol. The number of carbonyl (C=O) groups is 1. The fraction of sp³-hybridized carbons (Fsp3) is 0.706. The van der Waals surface area contributed by atoms with Crippen molar-refractivity contribution < 1.29 is 9.53 Å². The Hall–Kier alpha value is -0.670. The van der Waals surface area contributed by atoms with Crippen molar-refractivity contribution in [1.29, 1.82) is 0 Å². The van der Waals surface area contributed by atoms with Crippen LogP contribution in [0.2, 0.25) is 0 Å². The molecule has 1 aromatic rings. The molecule has 0 aromatic carbocycles. The Bertz CT molecular complexity index is 504. The van der Waals surface area contributed by atoms with E-state index in [1.165, 1.54) is 42.5 Å². The molecule has 3 heteroatoms. The van der Waals surface area contributed by atoms with Crippen molar-refractivity contribution in [3.8, 4) is 0 Å². The van der Waals surface area contributed by atoms with E-state index in [0.717, 1.165) is 37.2 Å². The third-order valence-electron chi connectivity index (χ3n) is 5.37. The molecule has 2 aliphatic carbocycles. The maximum atomic E-state index is 12.8. The van der Waals surface area contributed by atoms with Crippen LogP contribution in [0.3, 0.4) is 0 Å². The van der Waals surface area contributed by atoms with Crippen LogP contribution in [0, 0.1) is 5.92 Å². The Kier molecular flexibility index (Phi) is 3.23. The molecule has 20 heavy (non-hydrogen) atoms. The van der Waals surface area contributed by atoms with E-state index in [4.69, 9.17) is 4.74 Å². The zero-order chi connectivity index (χ0) is 13.6. The van der Waals surface area contributed by atoms with E-state index in [-0.39, 0.29) is 11.5 Å². The number of ketones is 1. The molecule has 0 amide bonds. The van der Waals surface area contributed by atoms with Gasteiger partial charge in [0, 0.05) is 17.4 Å². The lowest BCUT2D eigenvalue weighted by atomic mass is 9.71. The summed E-state index contributed by atoms with van der Waals surface area (Å²) in [5.74, 6) is 0.614. The van der Waals surface area contributed by atoms with Crippen LogP contribution in [0.25, 0.3) is 0 Å². The minimum Gasteiger partial charge on any atom is -0.375 e. The topological polar surface area (TPSA) is 26.3 Å². The fourth-order valence-electron chi connectivity index (χ4n) is 3.98. The number of ether oxygens (including phenoxy) is 1. The number of fused-ring (bicyclic) bond motifs is 1. The van der Waals surface area contributed by atoms with Crippen molar-refractivity contribution in [2.24, 2.45) is 5.92 Å². The Labute approximate surface area is 124 Å². The summed E-state index contributed by atoms with van der Waals surface area (Å²) in [7, 11) is 0. The van der Waals surface area contributed by atoms with Crippen LogP contribution in [0.15, 0.2) is 6.07 Å². The molecule has 1 atom stereocenters. The lowest BCUT2D eigenvalue weighted by Crippen LogP contribution is -2.46. The van der Waals surface area contributed by atoms with Gasteiger partial charge in [-0.25, -0.2) is 0 Å². The molecule has 2 heterocycles. The number of rotatable bonds is 2. The highest BCUT2D eigenvalue weighted by molar-refractivity contribution is 7.14. The minimum absolute atomic E-state index is 0.0788. The molecule has 2 fully saturated rings. The molecule has 108 valence electrons. The fourth-order valence-corrected chi connectivity index (χ4v) is 5.26. The molecular formula is C17H22O2S. The van der Waals surface area contributed by atoms with Gasteiger partial charge >= 0.3 is 0 Å². The first-order valence-corrected chi connectivity index (χ1v) is 8.87. The van der Waals surface area contributed by atoms with E-state index >= 15 is 0 Å². The van der Waals surface area contributed by atoms with Crippen LogP contribution < -0.4 is 0 Å². The van der Waals surface area contributed by atoms with E-state index in [0.29, 0.717) is 5.78 Å². The SMILES string of the molecule is O=C(c1cc2c(s1)CCCC2)C1CCOC2(CCC2)C1.